The number of benzene rings is 1. The summed E-state index contributed by atoms with van der Waals surface area (Å²) in [5.41, 5.74) is 0. The number of likely N-dealkylation sites (N-methyl/N-ethyl adjacent to an activating group) is 2. The lowest BCUT2D eigenvalue weighted by Crippen LogP contribution is -2.44. The van der Waals surface area contributed by atoms with Gasteiger partial charge in [0.2, 0.25) is 5.91 Å². The van der Waals surface area contributed by atoms with Crippen LogP contribution in [0.15, 0.2) is 30.3 Å². The third-order valence-corrected chi connectivity index (χ3v) is 4.82. The molecule has 1 fully saturated rings. The predicted octanol–water partition coefficient (Wildman–Crippen LogP) is 3.03. The summed E-state index contributed by atoms with van der Waals surface area (Å²) < 4.78 is 5.68. The molecule has 0 saturated heterocycles. The van der Waals surface area contributed by atoms with Crippen LogP contribution in [0.3, 0.4) is 0 Å². The van der Waals surface area contributed by atoms with Gasteiger partial charge in [-0.25, -0.2) is 0 Å². The van der Waals surface area contributed by atoms with Crippen LogP contribution in [0.5, 0.6) is 5.75 Å². The van der Waals surface area contributed by atoms with Crippen molar-refractivity contribution in [1.82, 2.24) is 9.80 Å². The first kappa shape index (κ1) is 17.8. The highest BCUT2D eigenvalue weighted by molar-refractivity contribution is 5.78. The summed E-state index contributed by atoms with van der Waals surface area (Å²) in [4.78, 5) is 16.4. The summed E-state index contributed by atoms with van der Waals surface area (Å²) in [6, 6.07) is 10.2. The molecule has 0 spiro atoms. The fourth-order valence-electron chi connectivity index (χ4n) is 3.09. The maximum Gasteiger partial charge on any atom is 0.236 e. The zero-order chi connectivity index (χ0) is 16.7. The van der Waals surface area contributed by atoms with Crippen LogP contribution < -0.4 is 4.74 Å². The van der Waals surface area contributed by atoms with Gasteiger partial charge in [-0.3, -0.25) is 9.69 Å². The van der Waals surface area contributed by atoms with Crippen LogP contribution in [-0.2, 0) is 4.79 Å². The number of hydrogen-bond donors (Lipinski definition) is 0. The molecule has 1 aromatic carbocycles. The second kappa shape index (κ2) is 8.92. The number of ether oxygens (including phenoxy) is 1. The van der Waals surface area contributed by atoms with Crippen LogP contribution in [0.1, 0.15) is 32.6 Å². The standard InChI is InChI=1S/C19H30N2O2/c1-16-9-11-17(12-10-16)21(3)19(22)15-20(2)13-14-23-18-7-5-4-6-8-18/h4-8,16-17H,9-15H2,1-3H3. The Morgan fingerprint density at radius 3 is 2.43 bits per heavy atom. The SMILES string of the molecule is CC1CCC(N(C)C(=O)CN(C)CCOc2ccccc2)CC1. The van der Waals surface area contributed by atoms with Gasteiger partial charge >= 0.3 is 0 Å². The first-order valence-corrected chi connectivity index (χ1v) is 8.68. The Kier molecular flexibility index (Phi) is 6.90. The molecule has 0 atom stereocenters. The lowest BCUT2D eigenvalue weighted by Gasteiger charge is -2.34. The topological polar surface area (TPSA) is 32.8 Å². The minimum absolute atomic E-state index is 0.215. The van der Waals surface area contributed by atoms with E-state index in [2.05, 4.69) is 6.92 Å². The van der Waals surface area contributed by atoms with Crippen LogP contribution in [-0.4, -0.2) is 55.5 Å². The molecule has 0 unspecified atom stereocenters. The summed E-state index contributed by atoms with van der Waals surface area (Å²) in [5, 5.41) is 0. The fraction of sp³-hybridized carbons (Fsp3) is 0.632. The molecule has 23 heavy (non-hydrogen) atoms. The van der Waals surface area contributed by atoms with E-state index >= 15 is 0 Å². The Labute approximate surface area is 140 Å². The molecule has 1 saturated carbocycles. The van der Waals surface area contributed by atoms with E-state index in [0.717, 1.165) is 31.1 Å². The zero-order valence-electron chi connectivity index (χ0n) is 14.7. The molecule has 0 aromatic heterocycles. The third-order valence-electron chi connectivity index (χ3n) is 4.82. The van der Waals surface area contributed by atoms with Gasteiger partial charge in [0.15, 0.2) is 0 Å². The van der Waals surface area contributed by atoms with Gasteiger partial charge in [0.05, 0.1) is 6.54 Å². The fourth-order valence-corrected chi connectivity index (χ4v) is 3.09. The van der Waals surface area contributed by atoms with Crippen molar-refractivity contribution in [2.45, 2.75) is 38.6 Å². The zero-order valence-corrected chi connectivity index (χ0v) is 14.7. The summed E-state index contributed by atoms with van der Waals surface area (Å²) in [5.74, 6) is 1.90. The molecule has 1 aliphatic carbocycles. The largest absolute Gasteiger partial charge is 0.492 e. The van der Waals surface area contributed by atoms with Crippen molar-refractivity contribution >= 4 is 5.91 Å². The Morgan fingerprint density at radius 1 is 1.13 bits per heavy atom. The van der Waals surface area contributed by atoms with Crippen molar-refractivity contribution < 1.29 is 9.53 Å². The van der Waals surface area contributed by atoms with E-state index in [1.165, 1.54) is 12.8 Å². The van der Waals surface area contributed by atoms with Gasteiger partial charge in [-0.15, -0.1) is 0 Å². The highest BCUT2D eigenvalue weighted by atomic mass is 16.5. The Bertz CT molecular complexity index is 470. The molecule has 0 radical (unpaired) electrons. The van der Waals surface area contributed by atoms with E-state index in [0.29, 0.717) is 19.2 Å². The van der Waals surface area contributed by atoms with Gasteiger partial charge in [0.25, 0.3) is 0 Å². The summed E-state index contributed by atoms with van der Waals surface area (Å²) in [7, 11) is 3.93. The van der Waals surface area contributed by atoms with Gasteiger partial charge in [-0.1, -0.05) is 25.1 Å². The molecule has 1 aromatic rings. The van der Waals surface area contributed by atoms with E-state index in [1.807, 2.05) is 54.2 Å². The average Bonchev–Trinajstić information content (AvgIpc) is 2.56. The van der Waals surface area contributed by atoms with Crippen LogP contribution in [0.2, 0.25) is 0 Å². The lowest BCUT2D eigenvalue weighted by molar-refractivity contribution is -0.133. The van der Waals surface area contributed by atoms with E-state index in [1.54, 1.807) is 0 Å². The number of para-hydroxylation sites is 1. The Balaban J connectivity index is 1.67. The number of carbonyl (C=O) groups is 1. The van der Waals surface area contributed by atoms with Gasteiger partial charge in [0.1, 0.15) is 12.4 Å². The van der Waals surface area contributed by atoms with Gasteiger partial charge in [-0.05, 0) is 50.8 Å². The number of nitrogens with zero attached hydrogens (tertiary/aromatic N) is 2. The number of carbonyl (C=O) groups excluding carboxylic acids is 1. The molecule has 2 rings (SSSR count). The molecule has 1 aliphatic rings. The van der Waals surface area contributed by atoms with Crippen molar-refractivity contribution in [1.29, 1.82) is 0 Å². The molecule has 0 bridgehead atoms. The molecule has 0 heterocycles. The van der Waals surface area contributed by atoms with Crippen molar-refractivity contribution in [3.05, 3.63) is 30.3 Å². The molecule has 0 aliphatic heterocycles. The predicted molar refractivity (Wildman–Crippen MR) is 93.6 cm³/mol. The molecule has 0 N–H and O–H groups in total. The van der Waals surface area contributed by atoms with Gasteiger partial charge in [0, 0.05) is 19.6 Å². The maximum atomic E-state index is 12.4. The summed E-state index contributed by atoms with van der Waals surface area (Å²) in [6.07, 6.45) is 4.76. The highest BCUT2D eigenvalue weighted by Gasteiger charge is 2.25. The van der Waals surface area contributed by atoms with E-state index < -0.39 is 0 Å². The van der Waals surface area contributed by atoms with Crippen LogP contribution in [0, 0.1) is 5.92 Å². The smallest absolute Gasteiger partial charge is 0.236 e. The van der Waals surface area contributed by atoms with Crippen molar-refractivity contribution in [3.63, 3.8) is 0 Å². The summed E-state index contributed by atoms with van der Waals surface area (Å²) >= 11 is 0. The number of hydrogen-bond acceptors (Lipinski definition) is 3. The van der Waals surface area contributed by atoms with Crippen molar-refractivity contribution in [3.8, 4) is 5.75 Å². The van der Waals surface area contributed by atoms with Crippen molar-refractivity contribution in [2.24, 2.45) is 5.92 Å². The highest BCUT2D eigenvalue weighted by Crippen LogP contribution is 2.26. The first-order valence-electron chi connectivity index (χ1n) is 8.68. The van der Waals surface area contributed by atoms with E-state index in [-0.39, 0.29) is 5.91 Å². The normalized spacial score (nSPS) is 21.2. The monoisotopic (exact) mass is 318 g/mol. The molecule has 4 nitrogen and oxygen atoms in total. The van der Waals surface area contributed by atoms with E-state index in [9.17, 15) is 4.79 Å². The molecule has 4 heteroatoms. The Hall–Kier alpha value is -1.55. The molecule has 128 valence electrons. The minimum atomic E-state index is 0.215. The molecular weight excluding hydrogens is 288 g/mol. The third kappa shape index (κ3) is 5.87. The second-order valence-corrected chi connectivity index (χ2v) is 6.82. The first-order chi connectivity index (χ1) is 11.1. The number of amides is 1. The average molecular weight is 318 g/mol. The second-order valence-electron chi connectivity index (χ2n) is 6.82. The lowest BCUT2D eigenvalue weighted by atomic mass is 9.87. The molecular formula is C19H30N2O2. The van der Waals surface area contributed by atoms with Gasteiger partial charge in [-0.2, -0.15) is 0 Å². The summed E-state index contributed by atoms with van der Waals surface area (Å²) in [6.45, 7) is 4.11. The maximum absolute atomic E-state index is 12.4. The van der Waals surface area contributed by atoms with E-state index in [4.69, 9.17) is 4.74 Å². The van der Waals surface area contributed by atoms with Crippen LogP contribution in [0.4, 0.5) is 0 Å². The Morgan fingerprint density at radius 2 is 1.78 bits per heavy atom. The van der Waals surface area contributed by atoms with Crippen LogP contribution >= 0.6 is 0 Å². The number of rotatable bonds is 7. The van der Waals surface area contributed by atoms with Crippen LogP contribution in [0.25, 0.3) is 0 Å². The quantitative estimate of drug-likeness (QED) is 0.775. The molecule has 1 amide bonds. The van der Waals surface area contributed by atoms with Crippen molar-refractivity contribution in [2.75, 3.05) is 33.8 Å². The minimum Gasteiger partial charge on any atom is -0.492 e. The van der Waals surface area contributed by atoms with Gasteiger partial charge < -0.3 is 9.64 Å².